The van der Waals surface area contributed by atoms with E-state index >= 15 is 0 Å². The van der Waals surface area contributed by atoms with Gasteiger partial charge in [0.25, 0.3) is 5.91 Å². The Balaban J connectivity index is 1.52. The van der Waals surface area contributed by atoms with Crippen LogP contribution in [0.1, 0.15) is 21.9 Å². The van der Waals surface area contributed by atoms with Gasteiger partial charge in [0.15, 0.2) is 0 Å². The standard InChI is InChI=1S/C17H17N5O3/c18-15(23)13-9-19-14-10-20(7-8-21(13)14)16(24)17(25)22-6-5-11-3-1-2-4-12(11)22/h1-4,9H,5-8,10H2,(H2,18,23). The molecule has 0 fully saturated rings. The Morgan fingerprint density at radius 1 is 1.04 bits per heavy atom. The molecule has 0 saturated heterocycles. The van der Waals surface area contributed by atoms with E-state index in [1.807, 2.05) is 24.3 Å². The van der Waals surface area contributed by atoms with E-state index in [-0.39, 0.29) is 6.54 Å². The van der Waals surface area contributed by atoms with Crippen molar-refractivity contribution in [3.05, 3.63) is 47.5 Å². The van der Waals surface area contributed by atoms with Crippen LogP contribution in [0, 0.1) is 0 Å². The third-order valence-corrected chi connectivity index (χ3v) is 4.72. The quantitative estimate of drug-likeness (QED) is 0.734. The first-order valence-electron chi connectivity index (χ1n) is 8.09. The van der Waals surface area contributed by atoms with Crippen LogP contribution in [0.5, 0.6) is 0 Å². The number of imidazole rings is 1. The highest BCUT2D eigenvalue weighted by Gasteiger charge is 2.34. The Hall–Kier alpha value is -3.16. The summed E-state index contributed by atoms with van der Waals surface area (Å²) in [5.41, 5.74) is 7.51. The molecule has 0 unspecified atom stereocenters. The van der Waals surface area contributed by atoms with Gasteiger partial charge in [0.1, 0.15) is 11.5 Å². The van der Waals surface area contributed by atoms with Crippen LogP contribution in [0.3, 0.4) is 0 Å². The largest absolute Gasteiger partial charge is 0.364 e. The fraction of sp³-hybridized carbons (Fsp3) is 0.294. The molecule has 2 aliphatic rings. The molecule has 0 bridgehead atoms. The third-order valence-electron chi connectivity index (χ3n) is 4.72. The van der Waals surface area contributed by atoms with Crippen LogP contribution in [-0.2, 0) is 29.1 Å². The first-order chi connectivity index (χ1) is 12.1. The minimum absolute atomic E-state index is 0.188. The predicted molar refractivity (Wildman–Crippen MR) is 88.7 cm³/mol. The maximum atomic E-state index is 12.7. The van der Waals surface area contributed by atoms with Crippen molar-refractivity contribution in [1.82, 2.24) is 14.5 Å². The van der Waals surface area contributed by atoms with Crippen molar-refractivity contribution in [2.45, 2.75) is 19.5 Å². The molecule has 128 valence electrons. The van der Waals surface area contributed by atoms with Crippen LogP contribution < -0.4 is 10.6 Å². The number of hydrogen-bond donors (Lipinski definition) is 1. The van der Waals surface area contributed by atoms with Gasteiger partial charge in [0.2, 0.25) is 0 Å². The third kappa shape index (κ3) is 2.46. The highest BCUT2D eigenvalue weighted by molar-refractivity contribution is 6.40. The fourth-order valence-corrected chi connectivity index (χ4v) is 3.43. The van der Waals surface area contributed by atoms with E-state index in [9.17, 15) is 14.4 Å². The summed E-state index contributed by atoms with van der Waals surface area (Å²) in [6.07, 6.45) is 2.16. The lowest BCUT2D eigenvalue weighted by molar-refractivity contribution is -0.145. The van der Waals surface area contributed by atoms with Crippen molar-refractivity contribution in [3.8, 4) is 0 Å². The Morgan fingerprint density at radius 2 is 1.84 bits per heavy atom. The molecule has 1 aromatic heterocycles. The van der Waals surface area contributed by atoms with Gasteiger partial charge in [-0.05, 0) is 18.1 Å². The van der Waals surface area contributed by atoms with E-state index in [1.165, 1.54) is 16.0 Å². The molecule has 3 heterocycles. The van der Waals surface area contributed by atoms with Crippen LogP contribution >= 0.6 is 0 Å². The number of rotatable bonds is 1. The lowest BCUT2D eigenvalue weighted by Gasteiger charge is -2.29. The Labute approximate surface area is 143 Å². The molecule has 0 spiro atoms. The zero-order chi connectivity index (χ0) is 17.6. The number of benzene rings is 1. The van der Waals surface area contributed by atoms with Crippen LogP contribution in [0.2, 0.25) is 0 Å². The minimum atomic E-state index is -0.553. The average Bonchev–Trinajstić information content (AvgIpc) is 3.24. The van der Waals surface area contributed by atoms with Gasteiger partial charge >= 0.3 is 11.8 Å². The molecule has 8 heteroatoms. The lowest BCUT2D eigenvalue weighted by Crippen LogP contribution is -2.47. The molecule has 1 aromatic carbocycles. The number of hydrogen-bond acceptors (Lipinski definition) is 4. The molecule has 8 nitrogen and oxygen atoms in total. The van der Waals surface area contributed by atoms with E-state index in [2.05, 4.69) is 4.98 Å². The van der Waals surface area contributed by atoms with Crippen molar-refractivity contribution < 1.29 is 14.4 Å². The summed E-state index contributed by atoms with van der Waals surface area (Å²) >= 11 is 0. The number of para-hydroxylation sites is 1. The summed E-state index contributed by atoms with van der Waals surface area (Å²) < 4.78 is 1.70. The number of nitrogens with two attached hydrogens (primary N) is 1. The molecular formula is C17H17N5O3. The van der Waals surface area contributed by atoms with Gasteiger partial charge < -0.3 is 20.1 Å². The van der Waals surface area contributed by atoms with Crippen LogP contribution in [0.25, 0.3) is 0 Å². The van der Waals surface area contributed by atoms with Gasteiger partial charge in [-0.15, -0.1) is 0 Å². The number of amides is 3. The second-order valence-electron chi connectivity index (χ2n) is 6.14. The van der Waals surface area contributed by atoms with Crippen molar-refractivity contribution in [1.29, 1.82) is 0 Å². The maximum absolute atomic E-state index is 12.7. The first kappa shape index (κ1) is 15.4. The SMILES string of the molecule is NC(=O)c1cnc2n1CCN(C(=O)C(=O)N1CCc3ccccc31)C2. The molecule has 2 N–H and O–H groups in total. The summed E-state index contributed by atoms with van der Waals surface area (Å²) in [4.78, 5) is 43.8. The van der Waals surface area contributed by atoms with Gasteiger partial charge in [-0.25, -0.2) is 4.98 Å². The molecular weight excluding hydrogens is 322 g/mol. The molecule has 0 atom stereocenters. The number of nitrogens with zero attached hydrogens (tertiary/aromatic N) is 4. The Kier molecular flexibility index (Phi) is 3.52. The van der Waals surface area contributed by atoms with E-state index in [0.717, 1.165) is 17.7 Å². The van der Waals surface area contributed by atoms with E-state index in [4.69, 9.17) is 5.73 Å². The lowest BCUT2D eigenvalue weighted by atomic mass is 10.2. The highest BCUT2D eigenvalue weighted by atomic mass is 16.2. The van der Waals surface area contributed by atoms with Crippen LogP contribution in [0.4, 0.5) is 5.69 Å². The smallest absolute Gasteiger partial charge is 0.316 e. The molecule has 0 radical (unpaired) electrons. The zero-order valence-electron chi connectivity index (χ0n) is 13.5. The van der Waals surface area contributed by atoms with Gasteiger partial charge in [-0.3, -0.25) is 14.4 Å². The van der Waals surface area contributed by atoms with E-state index in [1.54, 1.807) is 4.57 Å². The number of anilines is 1. The predicted octanol–water partition coefficient (Wildman–Crippen LogP) is -0.0865. The average molecular weight is 339 g/mol. The number of carbonyl (C=O) groups excluding carboxylic acids is 3. The second-order valence-corrected chi connectivity index (χ2v) is 6.14. The zero-order valence-corrected chi connectivity index (χ0v) is 13.5. The van der Waals surface area contributed by atoms with E-state index in [0.29, 0.717) is 31.2 Å². The molecule has 0 aliphatic carbocycles. The van der Waals surface area contributed by atoms with Crippen LogP contribution in [0.15, 0.2) is 30.5 Å². The summed E-state index contributed by atoms with van der Waals surface area (Å²) in [5.74, 6) is -1.07. The normalized spacial score (nSPS) is 15.7. The van der Waals surface area contributed by atoms with Crippen molar-refractivity contribution in [2.75, 3.05) is 18.0 Å². The Bertz CT molecular complexity index is 888. The minimum Gasteiger partial charge on any atom is -0.364 e. The molecule has 4 rings (SSSR count). The van der Waals surface area contributed by atoms with Gasteiger partial charge in [-0.2, -0.15) is 0 Å². The van der Waals surface area contributed by atoms with Crippen molar-refractivity contribution in [3.63, 3.8) is 0 Å². The number of primary amides is 1. The van der Waals surface area contributed by atoms with Gasteiger partial charge in [0.05, 0.1) is 12.7 Å². The highest BCUT2D eigenvalue weighted by Crippen LogP contribution is 2.28. The maximum Gasteiger partial charge on any atom is 0.316 e. The number of carbonyl (C=O) groups is 3. The van der Waals surface area contributed by atoms with Gasteiger partial charge in [-0.1, -0.05) is 18.2 Å². The molecule has 0 saturated carbocycles. The first-order valence-corrected chi connectivity index (χ1v) is 8.09. The molecule has 2 aromatic rings. The fourth-order valence-electron chi connectivity index (χ4n) is 3.43. The van der Waals surface area contributed by atoms with Gasteiger partial charge in [0, 0.05) is 25.3 Å². The van der Waals surface area contributed by atoms with Crippen molar-refractivity contribution >= 4 is 23.4 Å². The van der Waals surface area contributed by atoms with Crippen molar-refractivity contribution in [2.24, 2.45) is 5.73 Å². The summed E-state index contributed by atoms with van der Waals surface area (Å²) in [6, 6.07) is 7.61. The molecule has 2 aliphatic heterocycles. The number of aromatic nitrogens is 2. The summed E-state index contributed by atoms with van der Waals surface area (Å²) in [6.45, 7) is 1.43. The Morgan fingerprint density at radius 3 is 2.64 bits per heavy atom. The summed E-state index contributed by atoms with van der Waals surface area (Å²) in [7, 11) is 0. The molecule has 25 heavy (non-hydrogen) atoms. The topological polar surface area (TPSA) is 102 Å². The second kappa shape index (κ2) is 5.73. The van der Waals surface area contributed by atoms with E-state index < -0.39 is 17.7 Å². The summed E-state index contributed by atoms with van der Waals surface area (Å²) in [5, 5.41) is 0. The monoisotopic (exact) mass is 339 g/mol. The van der Waals surface area contributed by atoms with Crippen LogP contribution in [-0.4, -0.2) is 45.3 Å². The number of fused-ring (bicyclic) bond motifs is 2. The molecule has 3 amide bonds.